The molecule has 0 saturated heterocycles. The first-order valence-electron chi connectivity index (χ1n) is 11.1. The van der Waals surface area contributed by atoms with Crippen molar-refractivity contribution in [3.8, 4) is 0 Å². The molecule has 0 N–H and O–H groups in total. The molecule has 0 aromatic heterocycles. The van der Waals surface area contributed by atoms with Crippen molar-refractivity contribution in [3.63, 3.8) is 0 Å². The fourth-order valence-electron chi connectivity index (χ4n) is 3.23. The van der Waals surface area contributed by atoms with Gasteiger partial charge in [-0.05, 0) is 37.3 Å². The van der Waals surface area contributed by atoms with Gasteiger partial charge >= 0.3 is 0 Å². The first kappa shape index (κ1) is 24.7. The monoisotopic (exact) mass is 370 g/mol. The molecule has 0 amide bonds. The van der Waals surface area contributed by atoms with Crippen LogP contribution in [0.2, 0.25) is 0 Å². The van der Waals surface area contributed by atoms with Crippen LogP contribution in [-0.2, 0) is 4.79 Å². The molecular weight excluding hydrogens is 328 g/mol. The number of carbonyl (C=O) groups is 1. The molecule has 0 aliphatic carbocycles. The Kier molecular flexibility index (Phi) is 21.5. The van der Waals surface area contributed by atoms with E-state index in [1.807, 2.05) is 0 Å². The SMILES string of the molecule is CCCCCCCCCCCCCCCCC/C=C/CCCC(=O)Cl. The van der Waals surface area contributed by atoms with Crippen molar-refractivity contribution < 1.29 is 4.79 Å². The van der Waals surface area contributed by atoms with E-state index >= 15 is 0 Å². The molecule has 0 fully saturated rings. The van der Waals surface area contributed by atoms with Crippen LogP contribution in [0.15, 0.2) is 12.2 Å². The van der Waals surface area contributed by atoms with E-state index in [1.165, 1.54) is 103 Å². The maximum atomic E-state index is 10.6. The summed E-state index contributed by atoms with van der Waals surface area (Å²) >= 11 is 5.30. The molecule has 0 aromatic rings. The molecule has 0 radical (unpaired) electrons. The predicted octanol–water partition coefficient (Wildman–Crippen LogP) is 8.74. The molecule has 1 nitrogen and oxygen atoms in total. The number of allylic oxidation sites excluding steroid dienone is 2. The van der Waals surface area contributed by atoms with Gasteiger partial charge < -0.3 is 0 Å². The van der Waals surface area contributed by atoms with Crippen molar-refractivity contribution >= 4 is 16.8 Å². The van der Waals surface area contributed by atoms with E-state index in [2.05, 4.69) is 19.1 Å². The Bertz CT molecular complexity index is 298. The summed E-state index contributed by atoms with van der Waals surface area (Å²) in [5.74, 6) is 0. The lowest BCUT2D eigenvalue weighted by Gasteiger charge is -2.03. The minimum absolute atomic E-state index is 0.212. The van der Waals surface area contributed by atoms with Crippen LogP contribution in [0.25, 0.3) is 0 Å². The third-order valence-electron chi connectivity index (χ3n) is 4.89. The highest BCUT2D eigenvalue weighted by atomic mass is 35.5. The van der Waals surface area contributed by atoms with Crippen molar-refractivity contribution in [2.75, 3.05) is 0 Å². The summed E-state index contributed by atoms with van der Waals surface area (Å²) in [7, 11) is 0. The van der Waals surface area contributed by atoms with Crippen LogP contribution in [0.3, 0.4) is 0 Å². The molecule has 0 spiro atoms. The van der Waals surface area contributed by atoms with Crippen LogP contribution in [0, 0.1) is 0 Å². The Morgan fingerprint density at radius 3 is 1.36 bits per heavy atom. The summed E-state index contributed by atoms with van der Waals surface area (Å²) in [4.78, 5) is 10.6. The number of rotatable bonds is 20. The minimum atomic E-state index is -0.212. The van der Waals surface area contributed by atoms with Gasteiger partial charge in [-0.15, -0.1) is 0 Å². The molecule has 0 aromatic carbocycles. The summed E-state index contributed by atoms with van der Waals surface area (Å²) in [6.45, 7) is 2.29. The minimum Gasteiger partial charge on any atom is -0.281 e. The Labute approximate surface area is 163 Å². The van der Waals surface area contributed by atoms with Crippen molar-refractivity contribution in [2.24, 2.45) is 0 Å². The smallest absolute Gasteiger partial charge is 0.221 e. The van der Waals surface area contributed by atoms with E-state index < -0.39 is 0 Å². The Balaban J connectivity index is 3.05. The predicted molar refractivity (Wildman–Crippen MR) is 113 cm³/mol. The summed E-state index contributed by atoms with van der Waals surface area (Å²) < 4.78 is 0. The van der Waals surface area contributed by atoms with Crippen LogP contribution >= 0.6 is 11.6 Å². The number of carbonyl (C=O) groups excluding carboxylic acids is 1. The van der Waals surface area contributed by atoms with Gasteiger partial charge in [-0.25, -0.2) is 0 Å². The molecule has 25 heavy (non-hydrogen) atoms. The van der Waals surface area contributed by atoms with Gasteiger partial charge in [0.25, 0.3) is 0 Å². The maximum Gasteiger partial charge on any atom is 0.221 e. The normalized spacial score (nSPS) is 11.4. The second kappa shape index (κ2) is 21.7. The summed E-state index contributed by atoms with van der Waals surface area (Å²) in [5, 5.41) is -0.212. The number of unbranched alkanes of at least 4 members (excludes halogenated alkanes) is 16. The Morgan fingerprint density at radius 1 is 0.600 bits per heavy atom. The standard InChI is InChI=1S/C23H43ClO/c1-2-3-4-5-6-7-8-9-10-11-12-13-14-15-16-17-18-19-20-21-22-23(24)25/h18-19H,2-17,20-22H2,1H3/b19-18+. The fourth-order valence-corrected chi connectivity index (χ4v) is 3.36. The molecule has 148 valence electrons. The van der Waals surface area contributed by atoms with Crippen LogP contribution in [0.4, 0.5) is 0 Å². The van der Waals surface area contributed by atoms with Gasteiger partial charge in [0, 0.05) is 6.42 Å². The highest BCUT2D eigenvalue weighted by molar-refractivity contribution is 6.63. The molecule has 0 saturated carbocycles. The second-order valence-corrected chi connectivity index (χ2v) is 7.88. The van der Waals surface area contributed by atoms with E-state index in [-0.39, 0.29) is 5.24 Å². The molecule has 2 heteroatoms. The number of halogens is 1. The van der Waals surface area contributed by atoms with Gasteiger partial charge in [0.2, 0.25) is 5.24 Å². The van der Waals surface area contributed by atoms with Gasteiger partial charge in [0.15, 0.2) is 0 Å². The number of hydrogen-bond acceptors (Lipinski definition) is 1. The van der Waals surface area contributed by atoms with Crippen molar-refractivity contribution in [1.82, 2.24) is 0 Å². The van der Waals surface area contributed by atoms with E-state index in [1.54, 1.807) is 0 Å². The topological polar surface area (TPSA) is 17.1 Å². The highest BCUT2D eigenvalue weighted by Crippen LogP contribution is 2.13. The van der Waals surface area contributed by atoms with Crippen LogP contribution in [0.5, 0.6) is 0 Å². The van der Waals surface area contributed by atoms with Crippen LogP contribution < -0.4 is 0 Å². The zero-order valence-corrected chi connectivity index (χ0v) is 17.6. The van der Waals surface area contributed by atoms with Crippen molar-refractivity contribution in [2.45, 2.75) is 129 Å². The number of hydrogen-bond donors (Lipinski definition) is 0. The molecule has 0 aliphatic heterocycles. The van der Waals surface area contributed by atoms with E-state index in [9.17, 15) is 4.79 Å². The molecule has 0 aliphatic rings. The van der Waals surface area contributed by atoms with Crippen LogP contribution in [-0.4, -0.2) is 5.24 Å². The quantitative estimate of drug-likeness (QED) is 0.119. The third kappa shape index (κ3) is 23.7. The fraction of sp³-hybridized carbons (Fsp3) is 0.870. The van der Waals surface area contributed by atoms with Gasteiger partial charge in [-0.2, -0.15) is 0 Å². The second-order valence-electron chi connectivity index (χ2n) is 7.46. The van der Waals surface area contributed by atoms with Crippen molar-refractivity contribution in [3.05, 3.63) is 12.2 Å². The molecule has 0 atom stereocenters. The van der Waals surface area contributed by atoms with Gasteiger partial charge in [-0.3, -0.25) is 4.79 Å². The van der Waals surface area contributed by atoms with E-state index in [0.717, 1.165) is 12.8 Å². The average molecular weight is 371 g/mol. The Hall–Kier alpha value is -0.300. The maximum absolute atomic E-state index is 10.6. The highest BCUT2D eigenvalue weighted by Gasteiger charge is 1.95. The molecule has 0 heterocycles. The summed E-state index contributed by atoms with van der Waals surface area (Å²) in [5.41, 5.74) is 0. The van der Waals surface area contributed by atoms with Crippen molar-refractivity contribution in [1.29, 1.82) is 0 Å². The molecule has 0 unspecified atom stereocenters. The van der Waals surface area contributed by atoms with Gasteiger partial charge in [0.05, 0.1) is 0 Å². The molecule has 0 rings (SSSR count). The molecular formula is C23H43ClO. The summed E-state index contributed by atoms with van der Waals surface area (Å²) in [6, 6.07) is 0. The zero-order chi connectivity index (χ0) is 18.4. The van der Waals surface area contributed by atoms with Gasteiger partial charge in [-0.1, -0.05) is 109 Å². The lowest BCUT2D eigenvalue weighted by molar-refractivity contribution is -0.111. The lowest BCUT2D eigenvalue weighted by atomic mass is 10.0. The van der Waals surface area contributed by atoms with Gasteiger partial charge in [0.1, 0.15) is 0 Å². The first-order valence-corrected chi connectivity index (χ1v) is 11.5. The first-order chi connectivity index (χ1) is 12.3. The summed E-state index contributed by atoms with van der Waals surface area (Å²) in [6.07, 6.45) is 29.3. The van der Waals surface area contributed by atoms with Crippen LogP contribution in [0.1, 0.15) is 129 Å². The molecule has 0 bridgehead atoms. The largest absolute Gasteiger partial charge is 0.281 e. The average Bonchev–Trinajstić information content (AvgIpc) is 2.60. The zero-order valence-electron chi connectivity index (χ0n) is 16.9. The van der Waals surface area contributed by atoms with E-state index in [0.29, 0.717) is 6.42 Å². The van der Waals surface area contributed by atoms with E-state index in [4.69, 9.17) is 11.6 Å². The third-order valence-corrected chi connectivity index (χ3v) is 5.07. The lowest BCUT2D eigenvalue weighted by Crippen LogP contribution is -1.84. The Morgan fingerprint density at radius 2 is 0.960 bits per heavy atom.